The van der Waals surface area contributed by atoms with E-state index in [9.17, 15) is 5.11 Å². The van der Waals surface area contributed by atoms with Gasteiger partial charge in [0.05, 0.1) is 0 Å². The third kappa shape index (κ3) is 4.15. The summed E-state index contributed by atoms with van der Waals surface area (Å²) in [5.41, 5.74) is 0. The lowest BCUT2D eigenvalue weighted by atomic mass is 9.77. The third-order valence-corrected chi connectivity index (χ3v) is 2.74. The molecule has 0 fully saturated rings. The van der Waals surface area contributed by atoms with Gasteiger partial charge in [0.1, 0.15) is 7.85 Å². The van der Waals surface area contributed by atoms with Crippen LogP contribution in [-0.4, -0.2) is 19.0 Å². The van der Waals surface area contributed by atoms with Gasteiger partial charge in [-0.15, -0.1) is 0 Å². The second kappa shape index (κ2) is 6.53. The Morgan fingerprint density at radius 3 is 2.25 bits per heavy atom. The summed E-state index contributed by atoms with van der Waals surface area (Å²) in [5, 5.41) is 9.20. The summed E-state index contributed by atoms with van der Waals surface area (Å²) in [6.07, 6.45) is 4.79. The SMILES string of the molecule is [B]C(O)C(C)C(CC)CCCC. The molecule has 0 bridgehead atoms. The second-order valence-electron chi connectivity index (χ2n) is 3.66. The van der Waals surface area contributed by atoms with Gasteiger partial charge in [-0.05, 0) is 11.8 Å². The van der Waals surface area contributed by atoms with E-state index >= 15 is 0 Å². The molecular formula is C10H21BO. The Morgan fingerprint density at radius 1 is 1.33 bits per heavy atom. The van der Waals surface area contributed by atoms with Gasteiger partial charge < -0.3 is 5.11 Å². The molecule has 0 aliphatic heterocycles. The topological polar surface area (TPSA) is 20.2 Å². The van der Waals surface area contributed by atoms with Crippen LogP contribution in [0.5, 0.6) is 0 Å². The fourth-order valence-electron chi connectivity index (χ4n) is 1.58. The van der Waals surface area contributed by atoms with Gasteiger partial charge in [-0.1, -0.05) is 46.5 Å². The van der Waals surface area contributed by atoms with Gasteiger partial charge in [0.2, 0.25) is 0 Å². The summed E-state index contributed by atoms with van der Waals surface area (Å²) in [5.74, 6) is 0.825. The molecule has 2 radical (unpaired) electrons. The molecule has 2 heteroatoms. The quantitative estimate of drug-likeness (QED) is 0.603. The minimum Gasteiger partial charge on any atom is -0.403 e. The first-order valence-corrected chi connectivity index (χ1v) is 5.07. The Labute approximate surface area is 78.0 Å². The van der Waals surface area contributed by atoms with E-state index in [0.717, 1.165) is 6.42 Å². The summed E-state index contributed by atoms with van der Waals surface area (Å²) in [7, 11) is 5.44. The highest BCUT2D eigenvalue weighted by Gasteiger charge is 2.18. The van der Waals surface area contributed by atoms with Crippen LogP contribution in [0.4, 0.5) is 0 Å². The molecule has 70 valence electrons. The fourth-order valence-corrected chi connectivity index (χ4v) is 1.58. The fraction of sp³-hybridized carbons (Fsp3) is 1.00. The van der Waals surface area contributed by atoms with Crippen molar-refractivity contribution < 1.29 is 5.11 Å². The van der Waals surface area contributed by atoms with Crippen molar-refractivity contribution in [3.05, 3.63) is 0 Å². The number of hydrogen-bond acceptors (Lipinski definition) is 1. The first-order valence-electron chi connectivity index (χ1n) is 5.07. The maximum absolute atomic E-state index is 9.20. The molecule has 0 aromatic carbocycles. The number of rotatable bonds is 6. The Kier molecular flexibility index (Phi) is 6.54. The minimum atomic E-state index is -0.646. The molecule has 0 saturated carbocycles. The van der Waals surface area contributed by atoms with Gasteiger partial charge in [0.25, 0.3) is 0 Å². The normalized spacial score (nSPS) is 18.7. The van der Waals surface area contributed by atoms with Crippen LogP contribution < -0.4 is 0 Å². The van der Waals surface area contributed by atoms with Crippen LogP contribution in [0.15, 0.2) is 0 Å². The van der Waals surface area contributed by atoms with Crippen LogP contribution in [0.1, 0.15) is 46.5 Å². The molecule has 3 unspecified atom stereocenters. The lowest BCUT2D eigenvalue weighted by molar-refractivity contribution is 0.142. The van der Waals surface area contributed by atoms with Crippen LogP contribution in [0, 0.1) is 11.8 Å². The van der Waals surface area contributed by atoms with Crippen molar-refractivity contribution in [1.82, 2.24) is 0 Å². The maximum Gasteiger partial charge on any atom is 0.108 e. The predicted molar refractivity (Wildman–Crippen MR) is 54.2 cm³/mol. The second-order valence-corrected chi connectivity index (χ2v) is 3.66. The van der Waals surface area contributed by atoms with Crippen molar-refractivity contribution in [2.24, 2.45) is 11.8 Å². The van der Waals surface area contributed by atoms with E-state index in [1.807, 2.05) is 6.92 Å². The lowest BCUT2D eigenvalue weighted by Gasteiger charge is -2.25. The van der Waals surface area contributed by atoms with Crippen LogP contribution >= 0.6 is 0 Å². The Balaban J connectivity index is 3.79. The number of aliphatic hydroxyl groups excluding tert-OH is 1. The molecule has 1 nitrogen and oxygen atoms in total. The van der Waals surface area contributed by atoms with Gasteiger partial charge in [0, 0.05) is 6.00 Å². The Morgan fingerprint density at radius 2 is 1.92 bits per heavy atom. The summed E-state index contributed by atoms with van der Waals surface area (Å²) in [4.78, 5) is 0. The molecule has 12 heavy (non-hydrogen) atoms. The van der Waals surface area contributed by atoms with Gasteiger partial charge in [-0.25, -0.2) is 0 Å². The molecule has 0 aliphatic rings. The standard InChI is InChI=1S/C10H21BO/c1-4-6-7-9(5-2)8(3)10(11)12/h8-10,12H,4-7H2,1-3H3. The van der Waals surface area contributed by atoms with Crippen LogP contribution in [-0.2, 0) is 0 Å². The summed E-state index contributed by atoms with van der Waals surface area (Å²) >= 11 is 0. The average Bonchev–Trinajstić information content (AvgIpc) is 2.05. The zero-order chi connectivity index (χ0) is 9.56. The van der Waals surface area contributed by atoms with Crippen molar-refractivity contribution in [3.8, 4) is 0 Å². The highest BCUT2D eigenvalue weighted by molar-refractivity contribution is 6.10. The van der Waals surface area contributed by atoms with E-state index in [1.54, 1.807) is 0 Å². The molecule has 0 aromatic heterocycles. The molecular weight excluding hydrogens is 147 g/mol. The first kappa shape index (κ1) is 12.0. The van der Waals surface area contributed by atoms with Crippen molar-refractivity contribution in [3.63, 3.8) is 0 Å². The molecule has 0 heterocycles. The highest BCUT2D eigenvalue weighted by Crippen LogP contribution is 2.23. The van der Waals surface area contributed by atoms with Crippen LogP contribution in [0.2, 0.25) is 0 Å². The summed E-state index contributed by atoms with van der Waals surface area (Å²) < 4.78 is 0. The molecule has 3 atom stereocenters. The average molecular weight is 168 g/mol. The molecule has 0 spiro atoms. The monoisotopic (exact) mass is 168 g/mol. The first-order chi connectivity index (χ1) is 5.63. The highest BCUT2D eigenvalue weighted by atomic mass is 16.3. The summed E-state index contributed by atoms with van der Waals surface area (Å²) in [6.45, 7) is 6.39. The number of unbranched alkanes of at least 4 members (excludes halogenated alkanes) is 1. The van der Waals surface area contributed by atoms with Gasteiger partial charge >= 0.3 is 0 Å². The largest absolute Gasteiger partial charge is 0.403 e. The third-order valence-electron chi connectivity index (χ3n) is 2.74. The molecule has 1 N–H and O–H groups in total. The van der Waals surface area contributed by atoms with E-state index in [1.165, 1.54) is 19.3 Å². The predicted octanol–water partition coefficient (Wildman–Crippen LogP) is 2.33. The van der Waals surface area contributed by atoms with Crippen molar-refractivity contribution in [2.45, 2.75) is 52.5 Å². The van der Waals surface area contributed by atoms with E-state index in [4.69, 9.17) is 7.85 Å². The van der Waals surface area contributed by atoms with Crippen LogP contribution in [0.3, 0.4) is 0 Å². The Bertz CT molecular complexity index is 104. The zero-order valence-corrected chi connectivity index (χ0v) is 8.59. The molecule has 0 aromatic rings. The smallest absolute Gasteiger partial charge is 0.108 e. The van der Waals surface area contributed by atoms with E-state index in [0.29, 0.717) is 5.92 Å². The van der Waals surface area contributed by atoms with Crippen molar-refractivity contribution in [1.29, 1.82) is 0 Å². The van der Waals surface area contributed by atoms with Crippen molar-refractivity contribution in [2.75, 3.05) is 0 Å². The van der Waals surface area contributed by atoms with E-state index < -0.39 is 6.00 Å². The van der Waals surface area contributed by atoms with E-state index in [-0.39, 0.29) is 5.92 Å². The molecule has 0 rings (SSSR count). The minimum absolute atomic E-state index is 0.238. The van der Waals surface area contributed by atoms with E-state index in [2.05, 4.69) is 13.8 Å². The molecule has 0 aliphatic carbocycles. The number of aliphatic hydroxyl groups is 1. The van der Waals surface area contributed by atoms with Gasteiger partial charge in [-0.2, -0.15) is 0 Å². The number of hydrogen-bond donors (Lipinski definition) is 1. The van der Waals surface area contributed by atoms with Crippen molar-refractivity contribution >= 4 is 7.85 Å². The Hall–Kier alpha value is 0.0249. The molecule has 0 amide bonds. The zero-order valence-electron chi connectivity index (χ0n) is 8.59. The van der Waals surface area contributed by atoms with Crippen LogP contribution in [0.25, 0.3) is 0 Å². The van der Waals surface area contributed by atoms with Gasteiger partial charge in [0.15, 0.2) is 0 Å². The lowest BCUT2D eigenvalue weighted by Crippen LogP contribution is -2.25. The summed E-state index contributed by atoms with van der Waals surface area (Å²) in [6, 6.07) is -0.646. The molecule has 0 saturated heterocycles. The maximum atomic E-state index is 9.20. The van der Waals surface area contributed by atoms with Gasteiger partial charge in [-0.3, -0.25) is 0 Å².